The van der Waals surface area contributed by atoms with Gasteiger partial charge in [0.2, 0.25) is 0 Å². The molecule has 1 aliphatic rings. The van der Waals surface area contributed by atoms with Crippen LogP contribution in [0.1, 0.15) is 13.3 Å². The van der Waals surface area contributed by atoms with Gasteiger partial charge >= 0.3 is 0 Å². The van der Waals surface area contributed by atoms with Crippen LogP contribution in [0.5, 0.6) is 0 Å². The van der Waals surface area contributed by atoms with Crippen molar-refractivity contribution in [3.05, 3.63) is 0 Å². The molecule has 0 aromatic heterocycles. The summed E-state index contributed by atoms with van der Waals surface area (Å²) < 4.78 is 22.0. The van der Waals surface area contributed by atoms with Gasteiger partial charge in [-0.05, 0) is 26.4 Å². The van der Waals surface area contributed by atoms with Crippen molar-refractivity contribution in [2.45, 2.75) is 19.4 Å². The van der Waals surface area contributed by atoms with E-state index in [0.29, 0.717) is 12.6 Å². The van der Waals surface area contributed by atoms with Crippen molar-refractivity contribution in [3.8, 4) is 0 Å². The van der Waals surface area contributed by atoms with Crippen molar-refractivity contribution in [1.29, 1.82) is 0 Å². The summed E-state index contributed by atoms with van der Waals surface area (Å²) in [6.45, 7) is 5.81. The smallest absolute Gasteiger partial charge is 0.148 e. The third-order valence-electron chi connectivity index (χ3n) is 2.45. The molecule has 0 spiro atoms. The Balaban J connectivity index is 2.35. The molecule has 1 N–H and O–H groups in total. The Morgan fingerprint density at radius 3 is 2.86 bits per heavy atom. The van der Waals surface area contributed by atoms with Gasteiger partial charge in [-0.1, -0.05) is 0 Å². The first-order valence-electron chi connectivity index (χ1n) is 5.11. The maximum atomic E-state index is 11.0. The average Bonchev–Trinajstić information content (AvgIpc) is 2.25. The van der Waals surface area contributed by atoms with E-state index in [4.69, 9.17) is 0 Å². The first kappa shape index (κ1) is 11.9. The van der Waals surface area contributed by atoms with Crippen LogP contribution in [0.2, 0.25) is 0 Å². The predicted octanol–water partition coefficient (Wildman–Crippen LogP) is -0.285. The molecule has 0 bridgehead atoms. The highest BCUT2D eigenvalue weighted by molar-refractivity contribution is 7.90. The lowest BCUT2D eigenvalue weighted by molar-refractivity contribution is 0.288. The van der Waals surface area contributed by atoms with Crippen LogP contribution < -0.4 is 5.32 Å². The van der Waals surface area contributed by atoms with Crippen molar-refractivity contribution >= 4 is 9.84 Å². The molecular formula is C9H20N2O2S. The van der Waals surface area contributed by atoms with E-state index in [2.05, 4.69) is 17.1 Å². The second-order valence-corrected chi connectivity index (χ2v) is 6.40. The van der Waals surface area contributed by atoms with Gasteiger partial charge < -0.3 is 10.2 Å². The molecule has 1 fully saturated rings. The maximum absolute atomic E-state index is 11.0. The number of nitrogens with zero attached hydrogens (tertiary/aromatic N) is 1. The third kappa shape index (κ3) is 4.93. The molecule has 1 heterocycles. The van der Waals surface area contributed by atoms with Crippen LogP contribution in [0, 0.1) is 0 Å². The van der Waals surface area contributed by atoms with Crippen LogP contribution in [0.25, 0.3) is 0 Å². The minimum absolute atomic E-state index is 0.278. The van der Waals surface area contributed by atoms with E-state index in [1.165, 1.54) is 6.26 Å². The quantitative estimate of drug-likeness (QED) is 0.710. The summed E-state index contributed by atoms with van der Waals surface area (Å²) in [5.41, 5.74) is 0. The minimum atomic E-state index is -2.81. The van der Waals surface area contributed by atoms with Gasteiger partial charge in [-0.2, -0.15) is 0 Å². The largest absolute Gasteiger partial charge is 0.313 e. The van der Waals surface area contributed by atoms with Crippen molar-refractivity contribution in [1.82, 2.24) is 10.2 Å². The van der Waals surface area contributed by atoms with Crippen LogP contribution in [0.15, 0.2) is 0 Å². The molecule has 14 heavy (non-hydrogen) atoms. The number of nitrogens with one attached hydrogen (secondary N) is 1. The Hall–Kier alpha value is -0.130. The summed E-state index contributed by atoms with van der Waals surface area (Å²) in [4.78, 5) is 2.23. The van der Waals surface area contributed by atoms with Crippen molar-refractivity contribution in [3.63, 3.8) is 0 Å². The molecule has 1 aliphatic heterocycles. The van der Waals surface area contributed by atoms with Gasteiger partial charge in [-0.25, -0.2) is 8.42 Å². The average molecular weight is 220 g/mol. The lowest BCUT2D eigenvalue weighted by Crippen LogP contribution is -2.37. The molecule has 0 aromatic rings. The van der Waals surface area contributed by atoms with Crippen LogP contribution in [-0.4, -0.2) is 57.5 Å². The van der Waals surface area contributed by atoms with Crippen LogP contribution >= 0.6 is 0 Å². The second kappa shape index (κ2) is 5.09. The monoisotopic (exact) mass is 220 g/mol. The van der Waals surface area contributed by atoms with Crippen molar-refractivity contribution in [2.75, 3.05) is 38.2 Å². The van der Waals surface area contributed by atoms with Crippen LogP contribution in [-0.2, 0) is 9.84 Å². The standard InChI is InChI=1S/C9H20N2O2S/c1-9-8-11(5-3-4-10-9)6-7-14(2,12)13/h9-10H,3-8H2,1-2H3. The number of hydrogen-bond acceptors (Lipinski definition) is 4. The molecule has 0 aliphatic carbocycles. The van der Waals surface area contributed by atoms with Crippen LogP contribution in [0.4, 0.5) is 0 Å². The van der Waals surface area contributed by atoms with Crippen LogP contribution in [0.3, 0.4) is 0 Å². The third-order valence-corrected chi connectivity index (χ3v) is 3.38. The molecule has 1 atom stereocenters. The summed E-state index contributed by atoms with van der Waals surface area (Å²) in [5.74, 6) is 0.278. The molecule has 1 rings (SSSR count). The normalized spacial score (nSPS) is 26.0. The van der Waals surface area contributed by atoms with Gasteiger partial charge in [-0.3, -0.25) is 0 Å². The fourth-order valence-electron chi connectivity index (χ4n) is 1.69. The first-order valence-corrected chi connectivity index (χ1v) is 7.17. The number of sulfone groups is 1. The van der Waals surface area contributed by atoms with E-state index in [1.54, 1.807) is 0 Å². The Kier molecular flexibility index (Phi) is 4.34. The van der Waals surface area contributed by atoms with Crippen molar-refractivity contribution < 1.29 is 8.42 Å². The zero-order chi connectivity index (χ0) is 10.6. The lowest BCUT2D eigenvalue weighted by atomic mass is 10.3. The highest BCUT2D eigenvalue weighted by Gasteiger charge is 2.15. The minimum Gasteiger partial charge on any atom is -0.313 e. The lowest BCUT2D eigenvalue weighted by Gasteiger charge is -2.21. The number of rotatable bonds is 3. The first-order chi connectivity index (χ1) is 6.47. The van der Waals surface area contributed by atoms with Gasteiger partial charge in [-0.15, -0.1) is 0 Å². The highest BCUT2D eigenvalue weighted by atomic mass is 32.2. The summed E-state index contributed by atoms with van der Waals surface area (Å²) in [6.07, 6.45) is 2.40. The highest BCUT2D eigenvalue weighted by Crippen LogP contribution is 2.00. The fourth-order valence-corrected chi connectivity index (χ4v) is 2.28. The Morgan fingerprint density at radius 2 is 2.21 bits per heavy atom. The van der Waals surface area contributed by atoms with Gasteiger partial charge in [0.15, 0.2) is 0 Å². The van der Waals surface area contributed by atoms with Gasteiger partial charge in [0.25, 0.3) is 0 Å². The van der Waals surface area contributed by atoms with E-state index < -0.39 is 9.84 Å². The predicted molar refractivity (Wildman–Crippen MR) is 58.2 cm³/mol. The van der Waals surface area contributed by atoms with Gasteiger partial charge in [0.05, 0.1) is 5.75 Å². The van der Waals surface area contributed by atoms with Gasteiger partial charge in [0, 0.05) is 25.4 Å². The Labute approximate surface area is 86.6 Å². The summed E-state index contributed by atoms with van der Waals surface area (Å²) >= 11 is 0. The summed E-state index contributed by atoms with van der Waals surface area (Å²) in [6, 6.07) is 0.470. The molecule has 1 saturated heterocycles. The van der Waals surface area contributed by atoms with E-state index in [9.17, 15) is 8.42 Å². The zero-order valence-corrected chi connectivity index (χ0v) is 9.81. The molecule has 0 amide bonds. The summed E-state index contributed by atoms with van der Waals surface area (Å²) in [7, 11) is -2.81. The SMILES string of the molecule is CC1CN(CCS(C)(=O)=O)CCCN1. The van der Waals surface area contributed by atoms with E-state index >= 15 is 0 Å². The number of hydrogen-bond donors (Lipinski definition) is 1. The second-order valence-electron chi connectivity index (χ2n) is 4.14. The van der Waals surface area contributed by atoms with Gasteiger partial charge in [0.1, 0.15) is 9.84 Å². The topological polar surface area (TPSA) is 49.4 Å². The molecule has 1 unspecified atom stereocenters. The molecule has 0 saturated carbocycles. The Morgan fingerprint density at radius 1 is 1.50 bits per heavy atom. The molecule has 0 radical (unpaired) electrons. The fraction of sp³-hybridized carbons (Fsp3) is 1.00. The van der Waals surface area contributed by atoms with E-state index in [1.807, 2.05) is 0 Å². The molecule has 0 aromatic carbocycles. The molecule has 5 heteroatoms. The zero-order valence-electron chi connectivity index (χ0n) is 8.99. The molecule has 84 valence electrons. The van der Waals surface area contributed by atoms with E-state index in [-0.39, 0.29) is 5.75 Å². The molecular weight excluding hydrogens is 200 g/mol. The maximum Gasteiger partial charge on any atom is 0.148 e. The summed E-state index contributed by atoms with van der Waals surface area (Å²) in [5, 5.41) is 3.38. The Bertz CT molecular complexity index is 264. The molecule has 4 nitrogen and oxygen atoms in total. The van der Waals surface area contributed by atoms with Crippen molar-refractivity contribution in [2.24, 2.45) is 0 Å². The van der Waals surface area contributed by atoms with E-state index in [0.717, 1.165) is 26.1 Å².